The maximum atomic E-state index is 12.5. The Balaban J connectivity index is 1.39. The van der Waals surface area contributed by atoms with Crippen LogP contribution in [-0.2, 0) is 4.79 Å². The number of carbonyl (C=O) groups excluding carboxylic acids is 1. The maximum absolute atomic E-state index is 12.5. The minimum atomic E-state index is -0.268. The van der Waals surface area contributed by atoms with Crippen LogP contribution in [0.15, 0.2) is 58.3 Å². The van der Waals surface area contributed by atoms with E-state index >= 15 is 0 Å². The summed E-state index contributed by atoms with van der Waals surface area (Å²) in [7, 11) is 0. The monoisotopic (exact) mass is 384 g/mol. The molecule has 0 bridgehead atoms. The number of hydrogen-bond donors (Lipinski definition) is 1. The lowest BCUT2D eigenvalue weighted by molar-refractivity contribution is -0.115. The number of aromatic nitrogens is 1. The van der Waals surface area contributed by atoms with E-state index in [0.717, 1.165) is 15.6 Å². The van der Waals surface area contributed by atoms with E-state index in [2.05, 4.69) is 10.3 Å². The molecule has 5 nitrogen and oxygen atoms in total. The Morgan fingerprint density at radius 3 is 2.85 bits per heavy atom. The van der Waals surface area contributed by atoms with Crippen molar-refractivity contribution in [2.24, 2.45) is 0 Å². The zero-order chi connectivity index (χ0) is 17.9. The molecule has 0 saturated heterocycles. The average Bonchev–Trinajstić information content (AvgIpc) is 3.31. The summed E-state index contributed by atoms with van der Waals surface area (Å²) in [6.45, 7) is 2.09. The van der Waals surface area contributed by atoms with Gasteiger partial charge in [-0.1, -0.05) is 42.1 Å². The van der Waals surface area contributed by atoms with E-state index < -0.39 is 0 Å². The number of benzene rings is 2. The van der Waals surface area contributed by atoms with Crippen LogP contribution < -0.4 is 14.8 Å². The highest BCUT2D eigenvalue weighted by molar-refractivity contribution is 8.02. The smallest absolute Gasteiger partial charge is 0.237 e. The van der Waals surface area contributed by atoms with Crippen molar-refractivity contribution in [3.8, 4) is 22.8 Å². The van der Waals surface area contributed by atoms with Gasteiger partial charge in [-0.15, -0.1) is 11.3 Å². The second kappa shape index (κ2) is 7.39. The molecule has 2 aromatic carbocycles. The molecule has 1 atom stereocenters. The average molecular weight is 384 g/mol. The standard InChI is InChI=1S/C19H16N2O3S2/c1-12(18(22)20-14-7-8-16-17(9-14)24-11-23-16)26-19-21-15(10-25-19)13-5-3-2-4-6-13/h2-10,12H,11H2,1H3,(H,20,22)/t12-/m0/s1. The third-order valence-electron chi connectivity index (χ3n) is 3.84. The van der Waals surface area contributed by atoms with Gasteiger partial charge in [-0.2, -0.15) is 0 Å². The van der Waals surface area contributed by atoms with Gasteiger partial charge in [0.25, 0.3) is 0 Å². The molecular weight excluding hydrogens is 368 g/mol. The summed E-state index contributed by atoms with van der Waals surface area (Å²) >= 11 is 3.00. The van der Waals surface area contributed by atoms with E-state index in [1.807, 2.05) is 42.6 Å². The van der Waals surface area contributed by atoms with Crippen LogP contribution in [0.2, 0.25) is 0 Å². The molecule has 1 aromatic heterocycles. The summed E-state index contributed by atoms with van der Waals surface area (Å²) in [5.41, 5.74) is 2.70. The predicted octanol–water partition coefficient (Wildman–Crippen LogP) is 4.66. The van der Waals surface area contributed by atoms with Crippen LogP contribution in [0.3, 0.4) is 0 Å². The fourth-order valence-corrected chi connectivity index (χ4v) is 4.45. The Hall–Kier alpha value is -2.51. The number of hydrogen-bond acceptors (Lipinski definition) is 6. The molecule has 3 aromatic rings. The van der Waals surface area contributed by atoms with Gasteiger partial charge < -0.3 is 14.8 Å². The Labute approximate surface area is 159 Å². The van der Waals surface area contributed by atoms with Gasteiger partial charge in [0.05, 0.1) is 10.9 Å². The van der Waals surface area contributed by atoms with Crippen LogP contribution >= 0.6 is 23.1 Å². The van der Waals surface area contributed by atoms with Gasteiger partial charge >= 0.3 is 0 Å². The molecule has 2 heterocycles. The lowest BCUT2D eigenvalue weighted by Crippen LogP contribution is -2.22. The Bertz CT molecular complexity index is 928. The lowest BCUT2D eigenvalue weighted by atomic mass is 10.2. The third-order valence-corrected chi connectivity index (χ3v) is 5.91. The zero-order valence-electron chi connectivity index (χ0n) is 14.0. The van der Waals surface area contributed by atoms with Crippen LogP contribution in [0.4, 0.5) is 5.69 Å². The molecule has 0 spiro atoms. The van der Waals surface area contributed by atoms with Crippen molar-refractivity contribution in [1.82, 2.24) is 4.98 Å². The molecule has 1 aliphatic rings. The highest BCUT2D eigenvalue weighted by Gasteiger charge is 2.19. The quantitative estimate of drug-likeness (QED) is 0.649. The molecule has 0 unspecified atom stereocenters. The zero-order valence-corrected chi connectivity index (χ0v) is 15.6. The summed E-state index contributed by atoms with van der Waals surface area (Å²) < 4.78 is 11.5. The van der Waals surface area contributed by atoms with Crippen LogP contribution in [0.25, 0.3) is 11.3 Å². The number of amides is 1. The van der Waals surface area contributed by atoms with Gasteiger partial charge in [-0.05, 0) is 19.1 Å². The van der Waals surface area contributed by atoms with Gasteiger partial charge in [0.15, 0.2) is 15.8 Å². The molecule has 0 aliphatic carbocycles. The molecule has 0 fully saturated rings. The van der Waals surface area contributed by atoms with E-state index in [4.69, 9.17) is 9.47 Å². The summed E-state index contributed by atoms with van der Waals surface area (Å²) in [5.74, 6) is 1.27. The number of rotatable bonds is 5. The van der Waals surface area contributed by atoms with Crippen molar-refractivity contribution >= 4 is 34.7 Å². The molecule has 26 heavy (non-hydrogen) atoms. The van der Waals surface area contributed by atoms with E-state index in [1.54, 1.807) is 29.5 Å². The minimum absolute atomic E-state index is 0.0784. The van der Waals surface area contributed by atoms with E-state index in [-0.39, 0.29) is 18.0 Å². The second-order valence-electron chi connectivity index (χ2n) is 5.68. The summed E-state index contributed by atoms with van der Waals surface area (Å²) in [6.07, 6.45) is 0. The first-order chi connectivity index (χ1) is 12.7. The number of anilines is 1. The topological polar surface area (TPSA) is 60.5 Å². The summed E-state index contributed by atoms with van der Waals surface area (Å²) in [5, 5.41) is 4.66. The second-order valence-corrected chi connectivity index (χ2v) is 8.13. The van der Waals surface area contributed by atoms with E-state index in [0.29, 0.717) is 17.2 Å². The number of thiazole rings is 1. The molecule has 0 saturated carbocycles. The van der Waals surface area contributed by atoms with Gasteiger partial charge in [0.2, 0.25) is 12.7 Å². The first-order valence-electron chi connectivity index (χ1n) is 8.07. The number of thioether (sulfide) groups is 1. The molecule has 7 heteroatoms. The largest absolute Gasteiger partial charge is 0.454 e. The number of carbonyl (C=O) groups is 1. The van der Waals surface area contributed by atoms with Gasteiger partial charge in [-0.25, -0.2) is 4.98 Å². The van der Waals surface area contributed by atoms with Crippen LogP contribution in [0.5, 0.6) is 11.5 Å². The molecular formula is C19H16N2O3S2. The predicted molar refractivity (Wildman–Crippen MR) is 104 cm³/mol. The fraction of sp³-hybridized carbons (Fsp3) is 0.158. The maximum Gasteiger partial charge on any atom is 0.237 e. The van der Waals surface area contributed by atoms with Crippen molar-refractivity contribution in [3.05, 3.63) is 53.9 Å². The van der Waals surface area contributed by atoms with Crippen molar-refractivity contribution in [1.29, 1.82) is 0 Å². The number of nitrogens with zero attached hydrogens (tertiary/aromatic N) is 1. The fourth-order valence-electron chi connectivity index (χ4n) is 2.48. The van der Waals surface area contributed by atoms with Gasteiger partial charge in [0, 0.05) is 22.7 Å². The molecule has 0 radical (unpaired) electrons. The molecule has 132 valence electrons. The normalized spacial score (nSPS) is 13.4. The highest BCUT2D eigenvalue weighted by atomic mass is 32.2. The molecule has 1 N–H and O–H groups in total. The Kier molecular flexibility index (Phi) is 4.81. The third kappa shape index (κ3) is 3.68. The van der Waals surface area contributed by atoms with E-state index in [9.17, 15) is 4.79 Å². The van der Waals surface area contributed by atoms with Crippen LogP contribution in [-0.4, -0.2) is 22.9 Å². The van der Waals surface area contributed by atoms with Crippen molar-refractivity contribution < 1.29 is 14.3 Å². The van der Waals surface area contributed by atoms with Gasteiger partial charge in [0.1, 0.15) is 0 Å². The number of fused-ring (bicyclic) bond motifs is 1. The highest BCUT2D eigenvalue weighted by Crippen LogP contribution is 2.35. The number of nitrogens with one attached hydrogen (secondary N) is 1. The molecule has 4 rings (SSSR count). The lowest BCUT2D eigenvalue weighted by Gasteiger charge is -2.11. The first-order valence-corrected chi connectivity index (χ1v) is 9.83. The molecule has 1 aliphatic heterocycles. The van der Waals surface area contributed by atoms with Crippen molar-refractivity contribution in [2.45, 2.75) is 16.5 Å². The van der Waals surface area contributed by atoms with Crippen LogP contribution in [0.1, 0.15) is 6.92 Å². The first kappa shape index (κ1) is 16.9. The van der Waals surface area contributed by atoms with E-state index in [1.165, 1.54) is 11.8 Å². The summed E-state index contributed by atoms with van der Waals surface area (Å²) in [6, 6.07) is 15.4. The van der Waals surface area contributed by atoms with Crippen molar-refractivity contribution in [2.75, 3.05) is 12.1 Å². The van der Waals surface area contributed by atoms with Gasteiger partial charge in [-0.3, -0.25) is 4.79 Å². The minimum Gasteiger partial charge on any atom is -0.454 e. The SMILES string of the molecule is C[C@H](Sc1nc(-c2ccccc2)cs1)C(=O)Nc1ccc2c(c1)OCO2. The summed E-state index contributed by atoms with van der Waals surface area (Å²) in [4.78, 5) is 17.1. The van der Waals surface area contributed by atoms with Crippen molar-refractivity contribution in [3.63, 3.8) is 0 Å². The Morgan fingerprint density at radius 2 is 2.00 bits per heavy atom. The molecule has 1 amide bonds. The number of ether oxygens (including phenoxy) is 2. The Morgan fingerprint density at radius 1 is 1.19 bits per heavy atom. The van der Waals surface area contributed by atoms with Crippen LogP contribution in [0, 0.1) is 0 Å².